The lowest BCUT2D eigenvalue weighted by atomic mass is 10.1. The average molecular weight is 360 g/mol. The summed E-state index contributed by atoms with van der Waals surface area (Å²) in [5.41, 5.74) is 1.13. The molecule has 0 radical (unpaired) electrons. The fourth-order valence-corrected chi connectivity index (χ4v) is 3.81. The molecule has 6 heteroatoms. The molecule has 110 valence electrons. The van der Waals surface area contributed by atoms with Crippen LogP contribution in [0.25, 0.3) is 0 Å². The molecule has 4 nitrogen and oxygen atoms in total. The summed E-state index contributed by atoms with van der Waals surface area (Å²) in [5, 5.41) is 9.02. The van der Waals surface area contributed by atoms with Gasteiger partial charge in [-0.3, -0.25) is 9.69 Å². The van der Waals surface area contributed by atoms with E-state index in [1.807, 2.05) is 30.0 Å². The number of nitrogens with zero attached hydrogens (tertiary/aromatic N) is 1. The van der Waals surface area contributed by atoms with Gasteiger partial charge < -0.3 is 9.84 Å². The molecule has 1 atom stereocenters. The highest BCUT2D eigenvalue weighted by Gasteiger charge is 2.25. The third-order valence-electron chi connectivity index (χ3n) is 3.39. The highest BCUT2D eigenvalue weighted by Crippen LogP contribution is 2.27. The smallest absolute Gasteiger partial charge is 0.304 e. The molecule has 1 N–H and O–H groups in total. The third kappa shape index (κ3) is 4.14. The van der Waals surface area contributed by atoms with Crippen molar-refractivity contribution < 1.29 is 14.6 Å². The second-order valence-electron chi connectivity index (χ2n) is 4.75. The van der Waals surface area contributed by atoms with Crippen LogP contribution in [-0.4, -0.2) is 47.2 Å². The molecule has 1 saturated heterocycles. The summed E-state index contributed by atoms with van der Waals surface area (Å²) in [4.78, 5) is 13.2. The summed E-state index contributed by atoms with van der Waals surface area (Å²) < 4.78 is 6.29. The predicted molar refractivity (Wildman–Crippen MR) is 84.5 cm³/mol. The van der Waals surface area contributed by atoms with Gasteiger partial charge in [-0.05, 0) is 23.8 Å². The number of methoxy groups -OCH3 is 1. The van der Waals surface area contributed by atoms with Crippen LogP contribution in [0.2, 0.25) is 0 Å². The van der Waals surface area contributed by atoms with Crippen molar-refractivity contribution in [3.8, 4) is 5.75 Å². The monoisotopic (exact) mass is 359 g/mol. The van der Waals surface area contributed by atoms with Gasteiger partial charge in [0.25, 0.3) is 0 Å². The molecule has 1 heterocycles. The number of carboxylic acid groups (broad SMARTS) is 1. The van der Waals surface area contributed by atoms with Crippen LogP contribution in [0.3, 0.4) is 0 Å². The van der Waals surface area contributed by atoms with Crippen molar-refractivity contribution >= 4 is 33.7 Å². The average Bonchev–Trinajstić information content (AvgIpc) is 2.43. The van der Waals surface area contributed by atoms with Gasteiger partial charge in [0.15, 0.2) is 0 Å². The maximum Gasteiger partial charge on any atom is 0.304 e. The number of hydrogen-bond donors (Lipinski definition) is 1. The first-order chi connectivity index (χ1) is 9.60. The number of ether oxygens (including phenoxy) is 1. The second kappa shape index (κ2) is 7.33. The summed E-state index contributed by atoms with van der Waals surface area (Å²) in [6, 6.07) is 5.99. The standard InChI is InChI=1S/C14H18BrNO3S/c1-19-12-2-3-13(15)10(6-12)8-16-4-5-20-9-11(16)7-14(17)18/h2-3,6,11H,4-5,7-9H2,1H3,(H,17,18). The van der Waals surface area contributed by atoms with E-state index < -0.39 is 5.97 Å². The molecule has 1 aromatic rings. The van der Waals surface area contributed by atoms with E-state index in [1.165, 1.54) is 0 Å². The van der Waals surface area contributed by atoms with Gasteiger partial charge >= 0.3 is 5.97 Å². The molecule has 1 fully saturated rings. The molecule has 1 unspecified atom stereocenters. The SMILES string of the molecule is COc1ccc(Br)c(CN2CCSCC2CC(=O)O)c1. The fourth-order valence-electron chi connectivity index (χ4n) is 2.30. The lowest BCUT2D eigenvalue weighted by molar-refractivity contribution is -0.138. The zero-order valence-corrected chi connectivity index (χ0v) is 13.7. The molecule has 0 amide bonds. The van der Waals surface area contributed by atoms with E-state index in [4.69, 9.17) is 9.84 Å². The minimum atomic E-state index is -0.729. The molecule has 1 aliphatic heterocycles. The van der Waals surface area contributed by atoms with Crippen LogP contribution in [0, 0.1) is 0 Å². The first-order valence-electron chi connectivity index (χ1n) is 6.46. The molecule has 0 saturated carbocycles. The molecule has 0 bridgehead atoms. The minimum absolute atomic E-state index is 0.101. The van der Waals surface area contributed by atoms with Gasteiger partial charge in [0.1, 0.15) is 5.75 Å². The largest absolute Gasteiger partial charge is 0.497 e. The molecule has 1 aliphatic rings. The van der Waals surface area contributed by atoms with Crippen molar-refractivity contribution in [2.24, 2.45) is 0 Å². The highest BCUT2D eigenvalue weighted by atomic mass is 79.9. The zero-order valence-electron chi connectivity index (χ0n) is 11.3. The quantitative estimate of drug-likeness (QED) is 0.875. The highest BCUT2D eigenvalue weighted by molar-refractivity contribution is 9.10. The van der Waals surface area contributed by atoms with E-state index in [0.29, 0.717) is 0 Å². The van der Waals surface area contributed by atoms with Gasteiger partial charge in [0.05, 0.1) is 13.5 Å². The lowest BCUT2D eigenvalue weighted by Crippen LogP contribution is -2.43. The topological polar surface area (TPSA) is 49.8 Å². The fraction of sp³-hybridized carbons (Fsp3) is 0.500. The van der Waals surface area contributed by atoms with E-state index in [1.54, 1.807) is 7.11 Å². The Morgan fingerprint density at radius 1 is 1.60 bits per heavy atom. The van der Waals surface area contributed by atoms with Crippen LogP contribution in [0.1, 0.15) is 12.0 Å². The van der Waals surface area contributed by atoms with Crippen LogP contribution in [-0.2, 0) is 11.3 Å². The third-order valence-corrected chi connectivity index (χ3v) is 5.25. The normalized spacial score (nSPS) is 19.8. The molecule has 0 spiro atoms. The first kappa shape index (κ1) is 15.7. The zero-order chi connectivity index (χ0) is 14.5. The Morgan fingerprint density at radius 2 is 2.40 bits per heavy atom. The maximum atomic E-state index is 11.0. The van der Waals surface area contributed by atoms with Crippen molar-refractivity contribution in [1.82, 2.24) is 4.90 Å². The van der Waals surface area contributed by atoms with E-state index in [-0.39, 0.29) is 12.5 Å². The number of hydrogen-bond acceptors (Lipinski definition) is 4. The molecule has 1 aromatic carbocycles. The molecule has 20 heavy (non-hydrogen) atoms. The first-order valence-corrected chi connectivity index (χ1v) is 8.41. The van der Waals surface area contributed by atoms with Gasteiger partial charge in [-0.25, -0.2) is 0 Å². The Bertz CT molecular complexity index is 483. The summed E-state index contributed by atoms with van der Waals surface area (Å²) in [7, 11) is 1.65. The predicted octanol–water partition coefficient (Wildman–Crippen LogP) is 2.85. The molecular weight excluding hydrogens is 342 g/mol. The molecule has 2 rings (SSSR count). The molecule has 0 aromatic heterocycles. The number of benzene rings is 1. The number of aliphatic carboxylic acids is 1. The summed E-state index contributed by atoms with van der Waals surface area (Å²) in [5.74, 6) is 2.03. The van der Waals surface area contributed by atoms with E-state index >= 15 is 0 Å². The number of carbonyl (C=O) groups is 1. The van der Waals surface area contributed by atoms with Gasteiger partial charge in [-0.1, -0.05) is 15.9 Å². The number of carboxylic acids is 1. The van der Waals surface area contributed by atoms with Crippen LogP contribution in [0.4, 0.5) is 0 Å². The van der Waals surface area contributed by atoms with E-state index in [9.17, 15) is 4.79 Å². The van der Waals surface area contributed by atoms with Crippen molar-refractivity contribution in [1.29, 1.82) is 0 Å². The van der Waals surface area contributed by atoms with E-state index in [0.717, 1.165) is 40.4 Å². The van der Waals surface area contributed by atoms with Gasteiger partial charge in [0.2, 0.25) is 0 Å². The van der Waals surface area contributed by atoms with Crippen LogP contribution in [0.5, 0.6) is 5.75 Å². The van der Waals surface area contributed by atoms with E-state index in [2.05, 4.69) is 20.8 Å². The molecular formula is C14H18BrNO3S. The number of halogens is 1. The Kier molecular flexibility index (Phi) is 5.74. The van der Waals surface area contributed by atoms with Crippen molar-refractivity contribution in [2.75, 3.05) is 25.2 Å². The Hall–Kier alpha value is -0.720. The van der Waals surface area contributed by atoms with Crippen molar-refractivity contribution in [3.05, 3.63) is 28.2 Å². The van der Waals surface area contributed by atoms with Crippen LogP contribution < -0.4 is 4.74 Å². The second-order valence-corrected chi connectivity index (χ2v) is 6.76. The lowest BCUT2D eigenvalue weighted by Gasteiger charge is -2.34. The number of thioether (sulfide) groups is 1. The molecule has 0 aliphatic carbocycles. The van der Waals surface area contributed by atoms with Gasteiger partial charge in [0, 0.05) is 35.1 Å². The summed E-state index contributed by atoms with van der Waals surface area (Å²) in [6.45, 7) is 1.67. The van der Waals surface area contributed by atoms with Gasteiger partial charge in [-0.2, -0.15) is 11.8 Å². The number of rotatable bonds is 5. The van der Waals surface area contributed by atoms with Crippen LogP contribution >= 0.6 is 27.7 Å². The maximum absolute atomic E-state index is 11.0. The minimum Gasteiger partial charge on any atom is -0.497 e. The van der Waals surface area contributed by atoms with Gasteiger partial charge in [-0.15, -0.1) is 0 Å². The summed E-state index contributed by atoms with van der Waals surface area (Å²) in [6.07, 6.45) is 0.203. The Balaban J connectivity index is 2.11. The summed E-state index contributed by atoms with van der Waals surface area (Å²) >= 11 is 5.38. The Morgan fingerprint density at radius 3 is 3.10 bits per heavy atom. The van der Waals surface area contributed by atoms with Crippen LogP contribution in [0.15, 0.2) is 22.7 Å². The van der Waals surface area contributed by atoms with Crippen molar-refractivity contribution in [2.45, 2.75) is 19.0 Å². The Labute approximate surface area is 131 Å². The van der Waals surface area contributed by atoms with Crippen molar-refractivity contribution in [3.63, 3.8) is 0 Å².